The lowest BCUT2D eigenvalue weighted by Gasteiger charge is -2.31. The van der Waals surface area contributed by atoms with Crippen molar-refractivity contribution in [3.8, 4) is 0 Å². The number of rotatable bonds is 6. The monoisotopic (exact) mass is 268 g/mol. The molecular weight excluding hydrogens is 248 g/mol. The zero-order chi connectivity index (χ0) is 13.6. The van der Waals surface area contributed by atoms with Gasteiger partial charge < -0.3 is 4.43 Å². The van der Waals surface area contributed by atoms with Crippen molar-refractivity contribution in [2.45, 2.75) is 13.0 Å². The molecule has 0 atom stereocenters. The van der Waals surface area contributed by atoms with Crippen LogP contribution in [0.15, 0.2) is 73.3 Å². The molecule has 0 aliphatic heterocycles. The summed E-state index contributed by atoms with van der Waals surface area (Å²) in [6, 6.07) is 22.1. The third-order valence-corrected chi connectivity index (χ3v) is 7.48. The van der Waals surface area contributed by atoms with Gasteiger partial charge in [-0.05, 0) is 23.3 Å². The largest absolute Gasteiger partial charge is 0.408 e. The van der Waals surface area contributed by atoms with Crippen molar-refractivity contribution in [2.24, 2.45) is 0 Å². The summed E-state index contributed by atoms with van der Waals surface area (Å²) in [6.07, 6.45) is 1.99. The van der Waals surface area contributed by atoms with E-state index in [0.717, 1.165) is 12.7 Å². The van der Waals surface area contributed by atoms with Crippen molar-refractivity contribution in [3.63, 3.8) is 0 Å². The average molecular weight is 268 g/mol. The number of allylic oxidation sites excluding steroid dienone is 1. The van der Waals surface area contributed by atoms with Gasteiger partial charge in [-0.15, -0.1) is 6.58 Å². The molecule has 0 unspecified atom stereocenters. The molecule has 1 nitrogen and oxygen atoms in total. The van der Waals surface area contributed by atoms with Gasteiger partial charge in [0.05, 0.1) is 0 Å². The van der Waals surface area contributed by atoms with Gasteiger partial charge in [0.15, 0.2) is 0 Å². The summed E-state index contributed by atoms with van der Waals surface area (Å²) >= 11 is 0. The summed E-state index contributed by atoms with van der Waals surface area (Å²) < 4.78 is 6.31. The van der Waals surface area contributed by atoms with E-state index in [1.165, 1.54) is 10.4 Å². The van der Waals surface area contributed by atoms with Gasteiger partial charge in [-0.1, -0.05) is 66.7 Å². The molecule has 0 fully saturated rings. The number of benzene rings is 2. The summed E-state index contributed by atoms with van der Waals surface area (Å²) in [6.45, 7) is 6.73. The molecule has 0 N–H and O–H groups in total. The lowest BCUT2D eigenvalue weighted by atomic mass is 10.4. The Morgan fingerprint density at radius 1 is 0.947 bits per heavy atom. The van der Waals surface area contributed by atoms with Crippen LogP contribution in [0.4, 0.5) is 0 Å². The van der Waals surface area contributed by atoms with Crippen LogP contribution in [0.2, 0.25) is 6.04 Å². The topological polar surface area (TPSA) is 9.23 Å². The van der Waals surface area contributed by atoms with E-state index in [0.29, 0.717) is 0 Å². The minimum Gasteiger partial charge on any atom is -0.408 e. The number of hydrogen-bond donors (Lipinski definition) is 0. The van der Waals surface area contributed by atoms with Crippen molar-refractivity contribution in [3.05, 3.63) is 73.3 Å². The Bertz CT molecular complexity index is 468. The summed E-state index contributed by atoms with van der Waals surface area (Å²) in [5.41, 5.74) is 0. The van der Waals surface area contributed by atoms with E-state index >= 15 is 0 Å². The maximum absolute atomic E-state index is 6.31. The second-order valence-electron chi connectivity index (χ2n) is 4.48. The minimum atomic E-state index is -2.17. The summed E-state index contributed by atoms with van der Waals surface area (Å²) in [4.78, 5) is 0. The molecule has 0 amide bonds. The van der Waals surface area contributed by atoms with Gasteiger partial charge in [0.1, 0.15) is 0 Å². The highest BCUT2D eigenvalue weighted by Crippen LogP contribution is 2.14. The highest BCUT2D eigenvalue weighted by Gasteiger charge is 2.37. The number of hydrogen-bond acceptors (Lipinski definition) is 1. The van der Waals surface area contributed by atoms with Crippen LogP contribution in [0.5, 0.6) is 0 Å². The Morgan fingerprint density at radius 2 is 1.42 bits per heavy atom. The fourth-order valence-corrected chi connectivity index (χ4v) is 6.11. The Balaban J connectivity index is 2.57. The predicted molar refractivity (Wildman–Crippen MR) is 84.5 cm³/mol. The van der Waals surface area contributed by atoms with Gasteiger partial charge >= 0.3 is 0 Å². The third kappa shape index (κ3) is 2.86. The lowest BCUT2D eigenvalue weighted by Crippen LogP contribution is -2.60. The van der Waals surface area contributed by atoms with Gasteiger partial charge in [-0.3, -0.25) is 0 Å². The third-order valence-electron chi connectivity index (χ3n) is 3.30. The SMILES string of the molecule is C=CC[Si](OCC)(c1ccccc1)c1ccccc1. The van der Waals surface area contributed by atoms with Crippen LogP contribution >= 0.6 is 0 Å². The van der Waals surface area contributed by atoms with E-state index in [2.05, 4.69) is 62.0 Å². The molecule has 2 aromatic carbocycles. The van der Waals surface area contributed by atoms with Gasteiger partial charge in [0.2, 0.25) is 0 Å². The molecule has 0 aliphatic carbocycles. The molecule has 2 rings (SSSR count). The quantitative estimate of drug-likeness (QED) is 0.578. The van der Waals surface area contributed by atoms with E-state index in [4.69, 9.17) is 4.43 Å². The van der Waals surface area contributed by atoms with Crippen LogP contribution in [0.3, 0.4) is 0 Å². The van der Waals surface area contributed by atoms with E-state index in [1.54, 1.807) is 0 Å². The Hall–Kier alpha value is -1.64. The maximum Gasteiger partial charge on any atom is 0.259 e. The standard InChI is InChI=1S/C17H20OSi/c1-3-15-19(18-4-2,16-11-7-5-8-12-16)17-13-9-6-10-14-17/h3,5-14H,1,4,15H2,2H3. The molecule has 2 aromatic rings. The first-order valence-electron chi connectivity index (χ1n) is 6.69. The highest BCUT2D eigenvalue weighted by molar-refractivity contribution is 6.97. The molecule has 2 heteroatoms. The molecule has 0 spiro atoms. The molecular formula is C17H20OSi. The van der Waals surface area contributed by atoms with E-state index in [9.17, 15) is 0 Å². The first kappa shape index (κ1) is 13.8. The molecule has 0 saturated heterocycles. The van der Waals surface area contributed by atoms with Crippen molar-refractivity contribution in [1.82, 2.24) is 0 Å². The van der Waals surface area contributed by atoms with Crippen molar-refractivity contribution in [2.75, 3.05) is 6.61 Å². The molecule has 98 valence electrons. The molecule has 19 heavy (non-hydrogen) atoms. The van der Waals surface area contributed by atoms with Gasteiger partial charge in [0.25, 0.3) is 8.32 Å². The van der Waals surface area contributed by atoms with Crippen molar-refractivity contribution < 1.29 is 4.43 Å². The van der Waals surface area contributed by atoms with E-state index in [1.807, 2.05) is 18.2 Å². The summed E-state index contributed by atoms with van der Waals surface area (Å²) in [5.74, 6) is 0. The second-order valence-corrected chi connectivity index (χ2v) is 7.99. The maximum atomic E-state index is 6.31. The van der Waals surface area contributed by atoms with Crippen LogP contribution in [0, 0.1) is 0 Å². The predicted octanol–water partition coefficient (Wildman–Crippen LogP) is 2.97. The summed E-state index contributed by atoms with van der Waals surface area (Å²) in [7, 11) is -2.17. The first-order valence-corrected chi connectivity index (χ1v) is 8.81. The van der Waals surface area contributed by atoms with Crippen LogP contribution in [0.1, 0.15) is 6.92 Å². The first-order chi connectivity index (χ1) is 9.33. The fraction of sp³-hybridized carbons (Fsp3) is 0.176. The van der Waals surface area contributed by atoms with Crippen LogP contribution in [-0.2, 0) is 4.43 Å². The fourth-order valence-electron chi connectivity index (χ4n) is 2.49. The molecule has 0 aliphatic rings. The average Bonchev–Trinajstić information content (AvgIpc) is 2.49. The molecule has 0 radical (unpaired) electrons. The summed E-state index contributed by atoms with van der Waals surface area (Å²) in [5, 5.41) is 2.62. The molecule has 0 heterocycles. The Morgan fingerprint density at radius 3 is 1.79 bits per heavy atom. The van der Waals surface area contributed by atoms with Crippen LogP contribution in [0.25, 0.3) is 0 Å². The zero-order valence-corrected chi connectivity index (χ0v) is 12.4. The van der Waals surface area contributed by atoms with E-state index < -0.39 is 8.32 Å². The van der Waals surface area contributed by atoms with Gasteiger partial charge in [0, 0.05) is 6.61 Å². The molecule has 0 aromatic heterocycles. The minimum absolute atomic E-state index is 0.726. The van der Waals surface area contributed by atoms with Gasteiger partial charge in [-0.2, -0.15) is 0 Å². The lowest BCUT2D eigenvalue weighted by molar-refractivity contribution is 0.340. The smallest absolute Gasteiger partial charge is 0.259 e. The molecule has 0 saturated carbocycles. The van der Waals surface area contributed by atoms with Crippen molar-refractivity contribution >= 4 is 18.7 Å². The Kier molecular flexibility index (Phi) is 4.72. The van der Waals surface area contributed by atoms with E-state index in [-0.39, 0.29) is 0 Å². The van der Waals surface area contributed by atoms with Gasteiger partial charge in [-0.25, -0.2) is 0 Å². The van der Waals surface area contributed by atoms with Crippen LogP contribution < -0.4 is 10.4 Å². The second kappa shape index (κ2) is 6.50. The van der Waals surface area contributed by atoms with Crippen LogP contribution in [-0.4, -0.2) is 14.9 Å². The highest BCUT2D eigenvalue weighted by atomic mass is 28.4. The Labute approximate surface area is 116 Å². The molecule has 0 bridgehead atoms. The zero-order valence-electron chi connectivity index (χ0n) is 11.4. The van der Waals surface area contributed by atoms with Crippen molar-refractivity contribution in [1.29, 1.82) is 0 Å². The normalized spacial score (nSPS) is 11.2.